The third-order valence-corrected chi connectivity index (χ3v) is 2.82. The van der Waals surface area contributed by atoms with Gasteiger partial charge in [0.1, 0.15) is 11.3 Å². The van der Waals surface area contributed by atoms with Gasteiger partial charge in [0.15, 0.2) is 5.75 Å². The van der Waals surface area contributed by atoms with E-state index in [0.717, 1.165) is 6.08 Å². The van der Waals surface area contributed by atoms with Gasteiger partial charge >= 0.3 is 5.97 Å². The normalized spacial score (nSPS) is 9.68. The Morgan fingerprint density at radius 1 is 1.09 bits per heavy atom. The van der Waals surface area contributed by atoms with Crippen LogP contribution in [0.15, 0.2) is 61.2 Å². The van der Waals surface area contributed by atoms with Crippen molar-refractivity contribution in [3.8, 4) is 11.5 Å². The molecule has 0 aliphatic rings. The summed E-state index contributed by atoms with van der Waals surface area (Å²) in [6.07, 6.45) is 1.07. The van der Waals surface area contributed by atoms with Crippen molar-refractivity contribution in [3.63, 3.8) is 0 Å². The molecule has 0 spiro atoms. The molecule has 0 atom stereocenters. The fourth-order valence-electron chi connectivity index (χ4n) is 1.74. The Hall–Kier alpha value is -3.08. The zero-order chi connectivity index (χ0) is 15.9. The van der Waals surface area contributed by atoms with E-state index in [1.807, 2.05) is 6.07 Å². The van der Waals surface area contributed by atoms with Gasteiger partial charge in [-0.2, -0.15) is 5.48 Å². The minimum absolute atomic E-state index is 0.216. The molecule has 22 heavy (non-hydrogen) atoms. The van der Waals surface area contributed by atoms with Crippen molar-refractivity contribution in [3.05, 3.63) is 72.3 Å². The Morgan fingerprint density at radius 3 is 2.50 bits per heavy atom. The number of carbonyl (C=O) groups excluding carboxylic acids is 2. The number of esters is 1. The van der Waals surface area contributed by atoms with Gasteiger partial charge in [-0.3, -0.25) is 4.79 Å². The van der Waals surface area contributed by atoms with E-state index < -0.39 is 11.9 Å². The monoisotopic (exact) mass is 297 g/mol. The van der Waals surface area contributed by atoms with Crippen LogP contribution in [0.2, 0.25) is 0 Å². The lowest BCUT2D eigenvalue weighted by Crippen LogP contribution is -2.26. The number of benzene rings is 2. The van der Waals surface area contributed by atoms with E-state index in [9.17, 15) is 9.59 Å². The van der Waals surface area contributed by atoms with E-state index in [1.54, 1.807) is 49.4 Å². The maximum Gasteiger partial charge on any atom is 0.347 e. The van der Waals surface area contributed by atoms with Gasteiger partial charge in [-0.15, -0.1) is 0 Å². The number of amides is 1. The summed E-state index contributed by atoms with van der Waals surface area (Å²) in [5.41, 5.74) is 3.09. The molecule has 5 nitrogen and oxygen atoms in total. The van der Waals surface area contributed by atoms with Crippen LogP contribution in [0.1, 0.15) is 15.9 Å². The van der Waals surface area contributed by atoms with Crippen LogP contribution in [0, 0.1) is 6.92 Å². The second-order valence-corrected chi connectivity index (χ2v) is 4.43. The van der Waals surface area contributed by atoms with E-state index in [4.69, 9.17) is 9.57 Å². The average Bonchev–Trinajstić information content (AvgIpc) is 2.54. The van der Waals surface area contributed by atoms with Crippen molar-refractivity contribution in [2.75, 3.05) is 0 Å². The van der Waals surface area contributed by atoms with Crippen LogP contribution >= 0.6 is 0 Å². The van der Waals surface area contributed by atoms with E-state index in [2.05, 4.69) is 12.1 Å². The summed E-state index contributed by atoms with van der Waals surface area (Å²) < 4.78 is 5.28. The molecule has 2 aromatic rings. The molecular formula is C17H15NO4. The number of nitrogens with one attached hydrogen (secondary N) is 1. The molecule has 2 rings (SSSR count). The Kier molecular flexibility index (Phi) is 4.93. The maximum absolute atomic E-state index is 12.3. The molecule has 0 fully saturated rings. The summed E-state index contributed by atoms with van der Waals surface area (Å²) in [6, 6.07) is 13.7. The largest absolute Gasteiger partial charge is 0.423 e. The van der Waals surface area contributed by atoms with E-state index >= 15 is 0 Å². The molecule has 1 amide bonds. The Bertz CT molecular complexity index is 695. The molecule has 112 valence electrons. The number of hydrogen-bond donors (Lipinski definition) is 1. The van der Waals surface area contributed by atoms with E-state index in [1.165, 1.54) is 0 Å². The van der Waals surface area contributed by atoms with Gasteiger partial charge in [0.2, 0.25) is 0 Å². The average molecular weight is 297 g/mol. The molecule has 0 heterocycles. The first-order chi connectivity index (χ1) is 10.6. The molecular weight excluding hydrogens is 282 g/mol. The fraction of sp³-hybridized carbons (Fsp3) is 0.0588. The molecule has 1 N–H and O–H groups in total. The van der Waals surface area contributed by atoms with Gasteiger partial charge in [0, 0.05) is 0 Å². The number of rotatable bonds is 5. The number of para-hydroxylation sites is 2. The van der Waals surface area contributed by atoms with Gasteiger partial charge < -0.3 is 9.57 Å². The first-order valence-corrected chi connectivity index (χ1v) is 6.58. The highest BCUT2D eigenvalue weighted by Crippen LogP contribution is 2.24. The number of carbonyl (C=O) groups is 2. The van der Waals surface area contributed by atoms with Crippen LogP contribution in [0.25, 0.3) is 0 Å². The molecule has 0 aliphatic carbocycles. The molecule has 2 aromatic carbocycles. The third kappa shape index (κ3) is 3.73. The van der Waals surface area contributed by atoms with Crippen LogP contribution < -0.4 is 15.1 Å². The first-order valence-electron chi connectivity index (χ1n) is 6.58. The van der Waals surface area contributed by atoms with Crippen molar-refractivity contribution in [1.29, 1.82) is 0 Å². The van der Waals surface area contributed by atoms with Crippen LogP contribution in [0.3, 0.4) is 0 Å². The molecule has 0 aliphatic heterocycles. The molecule has 0 saturated carbocycles. The first kappa shape index (κ1) is 15.3. The van der Waals surface area contributed by atoms with Crippen molar-refractivity contribution >= 4 is 11.9 Å². The lowest BCUT2D eigenvalue weighted by atomic mass is 10.1. The van der Waals surface area contributed by atoms with E-state index in [-0.39, 0.29) is 11.3 Å². The summed E-state index contributed by atoms with van der Waals surface area (Å²) in [7, 11) is 0. The summed E-state index contributed by atoms with van der Waals surface area (Å²) in [6.45, 7) is 5.08. The van der Waals surface area contributed by atoms with Gasteiger partial charge in [-0.25, -0.2) is 4.79 Å². The smallest absolute Gasteiger partial charge is 0.347 e. The number of hydrogen-bond acceptors (Lipinski definition) is 4. The molecule has 5 heteroatoms. The lowest BCUT2D eigenvalue weighted by molar-refractivity contribution is -0.122. The minimum Gasteiger partial charge on any atom is -0.423 e. The van der Waals surface area contributed by atoms with Gasteiger partial charge in [-0.1, -0.05) is 36.9 Å². The van der Waals surface area contributed by atoms with Gasteiger partial charge in [0.05, 0.1) is 0 Å². The quantitative estimate of drug-likeness (QED) is 0.399. The standard InChI is InChI=1S/C17H15NO4/c1-3-15(19)18-22-16-12(2)8-7-11-14(16)17(20)21-13-9-5-4-6-10-13/h3-11H,1H2,2H3,(H,18,19). The highest BCUT2D eigenvalue weighted by atomic mass is 16.7. The number of aryl methyl sites for hydroxylation is 1. The lowest BCUT2D eigenvalue weighted by Gasteiger charge is -2.12. The van der Waals surface area contributed by atoms with Crippen molar-refractivity contribution < 1.29 is 19.2 Å². The highest BCUT2D eigenvalue weighted by molar-refractivity contribution is 5.94. The third-order valence-electron chi connectivity index (χ3n) is 2.82. The predicted octanol–water partition coefficient (Wildman–Crippen LogP) is 2.81. The second kappa shape index (κ2) is 7.08. The zero-order valence-electron chi connectivity index (χ0n) is 12.0. The SMILES string of the molecule is C=CC(=O)NOc1c(C)cccc1C(=O)Oc1ccccc1. The summed E-state index contributed by atoms with van der Waals surface area (Å²) >= 11 is 0. The Balaban J connectivity index is 2.22. The predicted molar refractivity (Wildman–Crippen MR) is 81.5 cm³/mol. The minimum atomic E-state index is -0.572. The van der Waals surface area contributed by atoms with E-state index in [0.29, 0.717) is 11.3 Å². The molecule has 0 bridgehead atoms. The van der Waals surface area contributed by atoms with Crippen LogP contribution in [-0.2, 0) is 4.79 Å². The van der Waals surface area contributed by atoms with Crippen molar-refractivity contribution in [2.45, 2.75) is 6.92 Å². The molecule has 0 saturated heterocycles. The topological polar surface area (TPSA) is 64.6 Å². The van der Waals surface area contributed by atoms with Crippen LogP contribution in [0.5, 0.6) is 11.5 Å². The molecule has 0 aromatic heterocycles. The second-order valence-electron chi connectivity index (χ2n) is 4.43. The zero-order valence-corrected chi connectivity index (χ0v) is 12.0. The van der Waals surface area contributed by atoms with Crippen molar-refractivity contribution in [2.24, 2.45) is 0 Å². The Morgan fingerprint density at radius 2 is 1.82 bits per heavy atom. The van der Waals surface area contributed by atoms with Gasteiger partial charge in [-0.05, 0) is 36.8 Å². The summed E-state index contributed by atoms with van der Waals surface area (Å²) in [4.78, 5) is 28.7. The maximum atomic E-state index is 12.3. The highest BCUT2D eigenvalue weighted by Gasteiger charge is 2.17. The summed E-state index contributed by atoms with van der Waals surface area (Å²) in [5.74, 6) is -0.419. The van der Waals surface area contributed by atoms with Gasteiger partial charge in [0.25, 0.3) is 5.91 Å². The fourth-order valence-corrected chi connectivity index (χ4v) is 1.74. The van der Waals surface area contributed by atoms with Crippen molar-refractivity contribution in [1.82, 2.24) is 5.48 Å². The Labute approximate surface area is 128 Å². The van der Waals surface area contributed by atoms with Crippen LogP contribution in [-0.4, -0.2) is 11.9 Å². The van der Waals surface area contributed by atoms with Crippen LogP contribution in [0.4, 0.5) is 0 Å². The molecule has 0 radical (unpaired) electrons. The number of ether oxygens (including phenoxy) is 1. The summed E-state index contributed by atoms with van der Waals surface area (Å²) in [5, 5.41) is 0. The number of hydroxylamine groups is 1. The molecule has 0 unspecified atom stereocenters.